The summed E-state index contributed by atoms with van der Waals surface area (Å²) in [4.78, 5) is 1.32. The summed E-state index contributed by atoms with van der Waals surface area (Å²) in [5.74, 6) is 0. The third kappa shape index (κ3) is 3.02. The van der Waals surface area contributed by atoms with Gasteiger partial charge in [-0.15, -0.1) is 11.3 Å². The fourth-order valence-electron chi connectivity index (χ4n) is 2.03. The summed E-state index contributed by atoms with van der Waals surface area (Å²) in [5, 5.41) is 7.95. The molecule has 0 saturated carbocycles. The van der Waals surface area contributed by atoms with Gasteiger partial charge in [-0.1, -0.05) is 13.8 Å². The van der Waals surface area contributed by atoms with Crippen LogP contribution in [-0.4, -0.2) is 16.3 Å². The van der Waals surface area contributed by atoms with Crippen LogP contribution in [0.5, 0.6) is 0 Å². The second-order valence-corrected chi connectivity index (χ2v) is 6.61. The van der Waals surface area contributed by atoms with Gasteiger partial charge in [-0.25, -0.2) is 0 Å². The molecule has 2 heterocycles. The highest BCUT2D eigenvalue weighted by molar-refractivity contribution is 9.11. The molecule has 3 nitrogen and oxygen atoms in total. The van der Waals surface area contributed by atoms with Crippen molar-refractivity contribution in [2.75, 3.05) is 6.54 Å². The van der Waals surface area contributed by atoms with Crippen LogP contribution in [-0.2, 0) is 6.54 Å². The minimum Gasteiger partial charge on any atom is -0.305 e. The molecule has 18 heavy (non-hydrogen) atoms. The van der Waals surface area contributed by atoms with Crippen LogP contribution in [0.2, 0.25) is 0 Å². The van der Waals surface area contributed by atoms with E-state index in [0.29, 0.717) is 0 Å². The highest BCUT2D eigenvalue weighted by Crippen LogP contribution is 2.31. The molecule has 0 saturated heterocycles. The third-order valence-electron chi connectivity index (χ3n) is 2.77. The molecule has 0 aliphatic rings. The number of thiophene rings is 1. The van der Waals surface area contributed by atoms with E-state index in [1.54, 1.807) is 11.3 Å². The van der Waals surface area contributed by atoms with Crippen LogP contribution in [0.1, 0.15) is 36.9 Å². The Hall–Kier alpha value is -0.650. The van der Waals surface area contributed by atoms with Gasteiger partial charge in [0.05, 0.1) is 15.5 Å². The Labute approximate surface area is 120 Å². The van der Waals surface area contributed by atoms with Crippen LogP contribution in [0.4, 0.5) is 0 Å². The zero-order valence-corrected chi connectivity index (χ0v) is 13.1. The molecule has 2 rings (SSSR count). The van der Waals surface area contributed by atoms with E-state index < -0.39 is 0 Å². The van der Waals surface area contributed by atoms with Crippen molar-refractivity contribution in [2.24, 2.45) is 0 Å². The molecule has 5 heteroatoms. The summed E-state index contributed by atoms with van der Waals surface area (Å²) in [7, 11) is 0. The first-order chi connectivity index (χ1) is 8.76. The Morgan fingerprint density at radius 3 is 2.83 bits per heavy atom. The molecule has 0 radical (unpaired) electrons. The van der Waals surface area contributed by atoms with Crippen LogP contribution in [0, 0.1) is 0 Å². The van der Waals surface area contributed by atoms with Gasteiger partial charge in [0.25, 0.3) is 0 Å². The van der Waals surface area contributed by atoms with Gasteiger partial charge < -0.3 is 5.32 Å². The summed E-state index contributed by atoms with van der Waals surface area (Å²) in [6.07, 6.45) is 2.99. The van der Waals surface area contributed by atoms with E-state index in [1.807, 2.05) is 6.20 Å². The van der Waals surface area contributed by atoms with Crippen molar-refractivity contribution in [2.45, 2.75) is 32.9 Å². The van der Waals surface area contributed by atoms with Gasteiger partial charge in [0.2, 0.25) is 0 Å². The highest BCUT2D eigenvalue weighted by Gasteiger charge is 2.18. The van der Waals surface area contributed by atoms with Crippen molar-refractivity contribution in [3.8, 4) is 0 Å². The Bertz CT molecular complexity index is 492. The summed E-state index contributed by atoms with van der Waals surface area (Å²) in [6.45, 7) is 6.22. The van der Waals surface area contributed by atoms with Crippen LogP contribution < -0.4 is 5.32 Å². The fraction of sp³-hybridized carbons (Fsp3) is 0.462. The minimum absolute atomic E-state index is 0.236. The molecule has 0 bridgehead atoms. The summed E-state index contributed by atoms with van der Waals surface area (Å²) >= 11 is 5.31. The number of halogens is 1. The maximum Gasteiger partial charge on any atom is 0.0842 e. The van der Waals surface area contributed by atoms with E-state index in [2.05, 4.69) is 63.1 Å². The first-order valence-corrected chi connectivity index (χ1v) is 7.87. The molecule has 2 aromatic rings. The van der Waals surface area contributed by atoms with E-state index in [-0.39, 0.29) is 6.04 Å². The minimum atomic E-state index is 0.236. The lowest BCUT2D eigenvalue weighted by Gasteiger charge is -2.18. The van der Waals surface area contributed by atoms with Crippen molar-refractivity contribution >= 4 is 27.3 Å². The normalized spacial score (nSPS) is 12.8. The second kappa shape index (κ2) is 6.50. The van der Waals surface area contributed by atoms with Gasteiger partial charge in [0, 0.05) is 17.6 Å². The van der Waals surface area contributed by atoms with E-state index in [9.17, 15) is 0 Å². The predicted molar refractivity (Wildman–Crippen MR) is 80.1 cm³/mol. The molecule has 0 aliphatic carbocycles. The fourth-order valence-corrected chi connectivity index (χ4v) is 3.54. The molecule has 0 spiro atoms. The van der Waals surface area contributed by atoms with Gasteiger partial charge in [-0.2, -0.15) is 5.10 Å². The Balaban J connectivity index is 2.31. The zero-order valence-electron chi connectivity index (χ0n) is 10.7. The van der Waals surface area contributed by atoms with E-state index >= 15 is 0 Å². The maximum atomic E-state index is 4.41. The van der Waals surface area contributed by atoms with Gasteiger partial charge in [-0.05, 0) is 47.1 Å². The summed E-state index contributed by atoms with van der Waals surface area (Å²) in [6, 6.07) is 6.62. The SMILES string of the molecule is CCCn1nccc1C(NCC)c1ccc(Br)s1. The quantitative estimate of drug-likeness (QED) is 0.874. The Kier molecular flexibility index (Phi) is 4.97. The van der Waals surface area contributed by atoms with Crippen molar-refractivity contribution < 1.29 is 0 Å². The lowest BCUT2D eigenvalue weighted by molar-refractivity contribution is 0.524. The smallest absolute Gasteiger partial charge is 0.0842 e. The van der Waals surface area contributed by atoms with Gasteiger partial charge >= 0.3 is 0 Å². The molecular formula is C13H18BrN3S. The first kappa shape index (κ1) is 13.8. The number of aryl methyl sites for hydroxylation is 1. The van der Waals surface area contributed by atoms with Crippen LogP contribution in [0.3, 0.4) is 0 Å². The van der Waals surface area contributed by atoms with Crippen molar-refractivity contribution in [1.82, 2.24) is 15.1 Å². The molecule has 1 unspecified atom stereocenters. The number of hydrogen-bond acceptors (Lipinski definition) is 3. The number of hydrogen-bond donors (Lipinski definition) is 1. The van der Waals surface area contributed by atoms with E-state index in [1.165, 1.54) is 14.4 Å². The van der Waals surface area contributed by atoms with Crippen LogP contribution in [0.15, 0.2) is 28.2 Å². The Morgan fingerprint density at radius 1 is 1.39 bits per heavy atom. The number of aromatic nitrogens is 2. The standard InChI is InChI=1S/C13H18BrN3S/c1-3-9-17-10(7-8-16-17)13(15-4-2)11-5-6-12(14)18-11/h5-8,13,15H,3-4,9H2,1-2H3. The lowest BCUT2D eigenvalue weighted by atomic mass is 10.1. The molecule has 2 aromatic heterocycles. The molecule has 0 aliphatic heterocycles. The molecule has 0 aromatic carbocycles. The third-order valence-corrected chi connectivity index (χ3v) is 4.46. The van der Waals surface area contributed by atoms with Crippen molar-refractivity contribution in [3.05, 3.63) is 38.8 Å². The monoisotopic (exact) mass is 327 g/mol. The second-order valence-electron chi connectivity index (χ2n) is 4.11. The summed E-state index contributed by atoms with van der Waals surface area (Å²) in [5.41, 5.74) is 1.24. The molecule has 1 N–H and O–H groups in total. The number of nitrogens with one attached hydrogen (secondary N) is 1. The van der Waals surface area contributed by atoms with Gasteiger partial charge in [0.15, 0.2) is 0 Å². The van der Waals surface area contributed by atoms with Gasteiger partial charge in [-0.3, -0.25) is 4.68 Å². The molecule has 98 valence electrons. The Morgan fingerprint density at radius 2 is 2.22 bits per heavy atom. The van der Waals surface area contributed by atoms with Crippen molar-refractivity contribution in [3.63, 3.8) is 0 Å². The van der Waals surface area contributed by atoms with E-state index in [4.69, 9.17) is 0 Å². The zero-order chi connectivity index (χ0) is 13.0. The molecule has 0 amide bonds. The average Bonchev–Trinajstić information content (AvgIpc) is 2.96. The van der Waals surface area contributed by atoms with Gasteiger partial charge in [0.1, 0.15) is 0 Å². The molecule has 1 atom stereocenters. The van der Waals surface area contributed by atoms with Crippen molar-refractivity contribution in [1.29, 1.82) is 0 Å². The number of nitrogens with zero attached hydrogens (tertiary/aromatic N) is 2. The largest absolute Gasteiger partial charge is 0.305 e. The first-order valence-electron chi connectivity index (χ1n) is 6.26. The number of rotatable bonds is 6. The van der Waals surface area contributed by atoms with Crippen LogP contribution in [0.25, 0.3) is 0 Å². The topological polar surface area (TPSA) is 29.9 Å². The molecule has 0 fully saturated rings. The molecular weight excluding hydrogens is 310 g/mol. The van der Waals surface area contributed by atoms with E-state index in [0.717, 1.165) is 19.5 Å². The average molecular weight is 328 g/mol. The maximum absolute atomic E-state index is 4.41. The van der Waals surface area contributed by atoms with Crippen LogP contribution >= 0.6 is 27.3 Å². The lowest BCUT2D eigenvalue weighted by Crippen LogP contribution is -2.24. The predicted octanol–water partition coefficient (Wildman–Crippen LogP) is 3.82. The highest BCUT2D eigenvalue weighted by atomic mass is 79.9. The summed E-state index contributed by atoms with van der Waals surface area (Å²) < 4.78 is 3.27.